The SMILES string of the molecule is O=C1CNCC2Cc3cccc(Br)c3N12. The Kier molecular flexibility index (Phi) is 2.07. The van der Waals surface area contributed by atoms with E-state index in [-0.39, 0.29) is 5.91 Å². The first-order valence-corrected chi connectivity index (χ1v) is 5.87. The summed E-state index contributed by atoms with van der Waals surface area (Å²) in [7, 11) is 0. The molecule has 1 aromatic rings. The van der Waals surface area contributed by atoms with E-state index in [0.717, 1.165) is 23.1 Å². The zero-order chi connectivity index (χ0) is 10.4. The predicted octanol–water partition coefficient (Wildman–Crippen LogP) is 1.31. The van der Waals surface area contributed by atoms with Gasteiger partial charge in [-0.2, -0.15) is 0 Å². The number of nitrogens with one attached hydrogen (secondary N) is 1. The Balaban J connectivity index is 2.12. The zero-order valence-electron chi connectivity index (χ0n) is 8.16. The van der Waals surface area contributed by atoms with Gasteiger partial charge in [0.15, 0.2) is 0 Å². The van der Waals surface area contributed by atoms with Crippen LogP contribution in [-0.4, -0.2) is 25.0 Å². The summed E-state index contributed by atoms with van der Waals surface area (Å²) in [5, 5.41) is 3.15. The first-order chi connectivity index (χ1) is 7.27. The van der Waals surface area contributed by atoms with Gasteiger partial charge in [0.2, 0.25) is 5.91 Å². The van der Waals surface area contributed by atoms with Crippen LogP contribution in [0.5, 0.6) is 0 Å². The van der Waals surface area contributed by atoms with E-state index in [9.17, 15) is 4.79 Å². The van der Waals surface area contributed by atoms with Gasteiger partial charge in [0.25, 0.3) is 0 Å². The first kappa shape index (κ1) is 9.36. The van der Waals surface area contributed by atoms with Crippen LogP contribution in [0, 0.1) is 0 Å². The molecule has 15 heavy (non-hydrogen) atoms. The van der Waals surface area contributed by atoms with Crippen LogP contribution in [0.2, 0.25) is 0 Å². The van der Waals surface area contributed by atoms with E-state index in [4.69, 9.17) is 0 Å². The van der Waals surface area contributed by atoms with E-state index in [1.54, 1.807) is 0 Å². The van der Waals surface area contributed by atoms with Crippen LogP contribution in [0.4, 0.5) is 5.69 Å². The highest BCUT2D eigenvalue weighted by atomic mass is 79.9. The van der Waals surface area contributed by atoms with Crippen LogP contribution in [0.15, 0.2) is 22.7 Å². The summed E-state index contributed by atoms with van der Waals surface area (Å²) in [6.45, 7) is 1.35. The van der Waals surface area contributed by atoms with Crippen molar-refractivity contribution in [1.82, 2.24) is 5.32 Å². The van der Waals surface area contributed by atoms with Gasteiger partial charge in [0, 0.05) is 11.0 Å². The number of carbonyl (C=O) groups excluding carboxylic acids is 1. The van der Waals surface area contributed by atoms with Crippen LogP contribution in [0.3, 0.4) is 0 Å². The van der Waals surface area contributed by atoms with Crippen LogP contribution in [0.25, 0.3) is 0 Å². The molecule has 2 aliphatic heterocycles. The van der Waals surface area contributed by atoms with Crippen molar-refractivity contribution in [3.63, 3.8) is 0 Å². The van der Waals surface area contributed by atoms with E-state index < -0.39 is 0 Å². The molecule has 0 spiro atoms. The zero-order valence-corrected chi connectivity index (χ0v) is 9.75. The maximum Gasteiger partial charge on any atom is 0.241 e. The Morgan fingerprint density at radius 1 is 1.47 bits per heavy atom. The fourth-order valence-corrected chi connectivity index (χ4v) is 3.04. The molecule has 78 valence electrons. The predicted molar refractivity (Wildman–Crippen MR) is 62.0 cm³/mol. The quantitative estimate of drug-likeness (QED) is 0.768. The van der Waals surface area contributed by atoms with E-state index in [1.165, 1.54) is 5.56 Å². The number of benzene rings is 1. The average Bonchev–Trinajstić information content (AvgIpc) is 2.58. The van der Waals surface area contributed by atoms with E-state index in [2.05, 4.69) is 27.3 Å². The number of halogens is 1. The van der Waals surface area contributed by atoms with Crippen LogP contribution < -0.4 is 10.2 Å². The van der Waals surface area contributed by atoms with Crippen LogP contribution >= 0.6 is 15.9 Å². The molecule has 2 aliphatic rings. The minimum atomic E-state index is 0.178. The Morgan fingerprint density at radius 3 is 3.20 bits per heavy atom. The van der Waals surface area contributed by atoms with Crippen molar-refractivity contribution in [1.29, 1.82) is 0 Å². The molecule has 1 unspecified atom stereocenters. The largest absolute Gasteiger partial charge is 0.306 e. The number of hydrogen-bond donors (Lipinski definition) is 1. The molecule has 4 heteroatoms. The topological polar surface area (TPSA) is 32.3 Å². The minimum Gasteiger partial charge on any atom is -0.306 e. The van der Waals surface area contributed by atoms with Gasteiger partial charge in [-0.3, -0.25) is 4.79 Å². The Labute approximate surface area is 96.6 Å². The highest BCUT2D eigenvalue weighted by molar-refractivity contribution is 9.10. The molecule has 1 atom stereocenters. The number of hydrogen-bond acceptors (Lipinski definition) is 2. The molecule has 1 fully saturated rings. The normalized spacial score (nSPS) is 23.9. The van der Waals surface area contributed by atoms with E-state index >= 15 is 0 Å². The lowest BCUT2D eigenvalue weighted by Gasteiger charge is -2.31. The molecule has 3 rings (SSSR count). The van der Waals surface area contributed by atoms with Gasteiger partial charge < -0.3 is 10.2 Å². The van der Waals surface area contributed by atoms with Crippen molar-refractivity contribution in [3.8, 4) is 0 Å². The highest BCUT2D eigenvalue weighted by Crippen LogP contribution is 2.38. The van der Waals surface area contributed by atoms with Crippen molar-refractivity contribution in [2.75, 3.05) is 18.0 Å². The smallest absolute Gasteiger partial charge is 0.241 e. The number of rotatable bonds is 0. The molecule has 1 aromatic carbocycles. The second kappa shape index (κ2) is 3.32. The Hall–Kier alpha value is -0.870. The molecular formula is C11H11BrN2O. The Morgan fingerprint density at radius 2 is 2.33 bits per heavy atom. The van der Waals surface area contributed by atoms with Crippen molar-refractivity contribution in [2.24, 2.45) is 0 Å². The molecular weight excluding hydrogens is 256 g/mol. The highest BCUT2D eigenvalue weighted by Gasteiger charge is 2.37. The van der Waals surface area contributed by atoms with Crippen molar-refractivity contribution in [3.05, 3.63) is 28.2 Å². The first-order valence-electron chi connectivity index (χ1n) is 5.07. The van der Waals surface area contributed by atoms with Crippen molar-refractivity contribution in [2.45, 2.75) is 12.5 Å². The monoisotopic (exact) mass is 266 g/mol. The summed E-state index contributed by atoms with van der Waals surface area (Å²) in [6.07, 6.45) is 0.966. The van der Waals surface area contributed by atoms with Crippen molar-refractivity contribution >= 4 is 27.5 Å². The third-order valence-corrected chi connectivity index (χ3v) is 3.70. The van der Waals surface area contributed by atoms with E-state index in [0.29, 0.717) is 12.6 Å². The van der Waals surface area contributed by atoms with Gasteiger partial charge in [-0.25, -0.2) is 0 Å². The summed E-state index contributed by atoms with van der Waals surface area (Å²) < 4.78 is 1.03. The number of nitrogens with zero attached hydrogens (tertiary/aromatic N) is 1. The summed E-state index contributed by atoms with van der Waals surface area (Å²) in [5.74, 6) is 0.178. The van der Waals surface area contributed by atoms with E-state index in [1.807, 2.05) is 17.0 Å². The minimum absolute atomic E-state index is 0.178. The number of para-hydroxylation sites is 1. The second-order valence-corrected chi connectivity index (χ2v) is 4.85. The third kappa shape index (κ3) is 1.32. The molecule has 0 bridgehead atoms. The molecule has 0 aliphatic carbocycles. The fourth-order valence-electron chi connectivity index (χ4n) is 2.44. The van der Waals surface area contributed by atoms with Gasteiger partial charge >= 0.3 is 0 Å². The maximum atomic E-state index is 11.8. The van der Waals surface area contributed by atoms with Gasteiger partial charge in [-0.15, -0.1) is 0 Å². The molecule has 3 nitrogen and oxygen atoms in total. The standard InChI is InChI=1S/C11H11BrN2O/c12-9-3-1-2-7-4-8-5-13-6-10(15)14(8)11(7)9/h1-3,8,13H,4-6H2. The number of anilines is 1. The van der Waals surface area contributed by atoms with Crippen LogP contribution in [0.1, 0.15) is 5.56 Å². The van der Waals surface area contributed by atoms with Gasteiger partial charge in [0.05, 0.1) is 18.3 Å². The lowest BCUT2D eigenvalue weighted by atomic mass is 10.1. The molecule has 0 radical (unpaired) electrons. The van der Waals surface area contributed by atoms with Gasteiger partial charge in [-0.1, -0.05) is 12.1 Å². The lowest BCUT2D eigenvalue weighted by molar-refractivity contribution is -0.119. The van der Waals surface area contributed by atoms with Gasteiger partial charge in [0.1, 0.15) is 0 Å². The number of fused-ring (bicyclic) bond motifs is 3. The molecule has 1 amide bonds. The molecule has 0 aromatic heterocycles. The molecule has 0 saturated carbocycles. The summed E-state index contributed by atoms with van der Waals surface area (Å²) >= 11 is 3.52. The fraction of sp³-hybridized carbons (Fsp3) is 0.364. The van der Waals surface area contributed by atoms with Crippen molar-refractivity contribution < 1.29 is 4.79 Å². The maximum absolute atomic E-state index is 11.8. The van der Waals surface area contributed by atoms with Gasteiger partial charge in [-0.05, 0) is 34.0 Å². The average molecular weight is 267 g/mol. The second-order valence-electron chi connectivity index (χ2n) is 4.00. The molecule has 1 saturated heterocycles. The number of piperazine rings is 1. The number of carbonyl (C=O) groups is 1. The number of amides is 1. The summed E-state index contributed by atoms with van der Waals surface area (Å²) in [4.78, 5) is 13.8. The third-order valence-electron chi connectivity index (χ3n) is 3.06. The lowest BCUT2D eigenvalue weighted by Crippen LogP contribution is -2.53. The molecule has 1 N–H and O–H groups in total. The van der Waals surface area contributed by atoms with Crippen LogP contribution in [-0.2, 0) is 11.2 Å². The Bertz CT molecular complexity index is 433. The summed E-state index contributed by atoms with van der Waals surface area (Å²) in [5.41, 5.74) is 2.35. The molecule has 2 heterocycles. The summed E-state index contributed by atoms with van der Waals surface area (Å²) in [6, 6.07) is 6.43.